The molecule has 3 aliphatic rings. The number of rotatable bonds is 7. The highest BCUT2D eigenvalue weighted by Gasteiger charge is 2.36. The lowest BCUT2D eigenvalue weighted by molar-refractivity contribution is -0.0159. The number of morpholine rings is 2. The largest absolute Gasteiger partial charge is 0.431 e. The van der Waals surface area contributed by atoms with E-state index in [0.29, 0.717) is 74.6 Å². The van der Waals surface area contributed by atoms with Gasteiger partial charge in [0.05, 0.1) is 56.0 Å². The molecule has 12 heteroatoms. The molecule has 2 fully saturated rings. The van der Waals surface area contributed by atoms with Crippen LogP contribution in [0.4, 0.5) is 21.8 Å². The Balaban J connectivity index is 1.40. The van der Waals surface area contributed by atoms with E-state index in [4.69, 9.17) is 13.9 Å². The second kappa shape index (κ2) is 10.5. The van der Waals surface area contributed by atoms with Gasteiger partial charge in [-0.3, -0.25) is 9.59 Å². The number of aromatic nitrogens is 1. The second-order valence-electron chi connectivity index (χ2n) is 10.5. The van der Waals surface area contributed by atoms with Gasteiger partial charge in [0.1, 0.15) is 12.4 Å². The number of nitrogens with one attached hydrogen (secondary N) is 1. The highest BCUT2D eigenvalue weighted by molar-refractivity contribution is 6.07. The quantitative estimate of drug-likeness (QED) is 0.553. The van der Waals surface area contributed by atoms with Crippen molar-refractivity contribution < 1.29 is 33.0 Å². The molecule has 0 aliphatic carbocycles. The summed E-state index contributed by atoms with van der Waals surface area (Å²) in [5.74, 6) is -0.748. The number of fused-ring (bicyclic) bond motifs is 1. The van der Waals surface area contributed by atoms with Crippen LogP contribution in [0.25, 0.3) is 0 Å². The normalized spacial score (nSPS) is 21.0. The summed E-state index contributed by atoms with van der Waals surface area (Å²) in [6.45, 7) is 8.65. The number of alkyl halides is 1. The van der Waals surface area contributed by atoms with Crippen molar-refractivity contribution in [1.29, 1.82) is 0 Å². The molecule has 4 heterocycles. The summed E-state index contributed by atoms with van der Waals surface area (Å²) in [5, 5.41) is 13.0. The third kappa shape index (κ3) is 5.33. The summed E-state index contributed by atoms with van der Waals surface area (Å²) in [7, 11) is 0. The molecule has 2 N–H and O–H groups in total. The highest BCUT2D eigenvalue weighted by Crippen LogP contribution is 2.36. The van der Waals surface area contributed by atoms with Gasteiger partial charge < -0.3 is 39.0 Å². The van der Waals surface area contributed by atoms with E-state index >= 15 is 0 Å². The standard InChI is InChI=1S/C26H34FN5O6/c1-16-14-37-9-6-32(16)25-29-20(15-38-25)23(33)28-19-10-17-12-31(13-22(27)26(2,3)35)24(34)18(17)11-21(19)30-4-7-36-8-5-30/h10-11,15-16,22,35H,4-9,12-14H2,1-3H3,(H,28,33)/t16-,22?/m0/s1. The maximum absolute atomic E-state index is 14.6. The van der Waals surface area contributed by atoms with Crippen molar-refractivity contribution in [1.82, 2.24) is 9.88 Å². The molecule has 1 unspecified atom stereocenters. The average Bonchev–Trinajstić information content (AvgIpc) is 3.49. The molecule has 2 saturated heterocycles. The minimum Gasteiger partial charge on any atom is -0.431 e. The molecule has 2 amide bonds. The van der Waals surface area contributed by atoms with Gasteiger partial charge in [-0.1, -0.05) is 0 Å². The fraction of sp³-hybridized carbons (Fsp3) is 0.577. The molecule has 1 aromatic heterocycles. The van der Waals surface area contributed by atoms with Gasteiger partial charge in [-0.15, -0.1) is 0 Å². The van der Waals surface area contributed by atoms with Crippen LogP contribution in [0, 0.1) is 0 Å². The van der Waals surface area contributed by atoms with Gasteiger partial charge >= 0.3 is 0 Å². The Morgan fingerprint density at radius 3 is 2.68 bits per heavy atom. The van der Waals surface area contributed by atoms with E-state index in [0.717, 1.165) is 0 Å². The molecule has 5 rings (SSSR count). The van der Waals surface area contributed by atoms with E-state index in [1.807, 2.05) is 16.7 Å². The average molecular weight is 532 g/mol. The number of ether oxygens (including phenoxy) is 2. The summed E-state index contributed by atoms with van der Waals surface area (Å²) in [5.41, 5.74) is 0.901. The molecular weight excluding hydrogens is 497 g/mol. The molecule has 206 valence electrons. The number of benzene rings is 1. The molecule has 0 spiro atoms. The zero-order valence-corrected chi connectivity index (χ0v) is 21.9. The van der Waals surface area contributed by atoms with E-state index in [9.17, 15) is 19.1 Å². The third-order valence-electron chi connectivity index (χ3n) is 7.19. The van der Waals surface area contributed by atoms with Gasteiger partial charge in [0, 0.05) is 31.7 Å². The lowest BCUT2D eigenvalue weighted by Gasteiger charge is -2.31. The molecule has 38 heavy (non-hydrogen) atoms. The Hall–Kier alpha value is -3.22. The van der Waals surface area contributed by atoms with Crippen LogP contribution in [0.3, 0.4) is 0 Å². The summed E-state index contributed by atoms with van der Waals surface area (Å²) in [6.07, 6.45) is -0.271. The van der Waals surface area contributed by atoms with Crippen LogP contribution in [-0.4, -0.2) is 97.2 Å². The van der Waals surface area contributed by atoms with Crippen molar-refractivity contribution in [2.75, 3.05) is 67.7 Å². The molecule has 11 nitrogen and oxygen atoms in total. The predicted molar refractivity (Wildman–Crippen MR) is 137 cm³/mol. The molecular formula is C26H34FN5O6. The summed E-state index contributed by atoms with van der Waals surface area (Å²) >= 11 is 0. The van der Waals surface area contributed by atoms with Crippen LogP contribution in [-0.2, 0) is 16.0 Å². The van der Waals surface area contributed by atoms with Gasteiger partial charge in [0.15, 0.2) is 5.69 Å². The number of anilines is 3. The van der Waals surface area contributed by atoms with Crippen molar-refractivity contribution in [2.45, 2.75) is 45.1 Å². The number of amides is 2. The number of aliphatic hydroxyl groups is 1. The maximum atomic E-state index is 14.6. The van der Waals surface area contributed by atoms with E-state index in [-0.39, 0.29) is 30.7 Å². The van der Waals surface area contributed by atoms with Gasteiger partial charge in [0.2, 0.25) is 0 Å². The number of carbonyl (C=O) groups excluding carboxylic acids is 2. The first kappa shape index (κ1) is 26.4. The maximum Gasteiger partial charge on any atom is 0.298 e. The minimum atomic E-state index is -1.60. The number of halogens is 1. The van der Waals surface area contributed by atoms with Gasteiger partial charge in [-0.25, -0.2) is 4.39 Å². The van der Waals surface area contributed by atoms with E-state index in [2.05, 4.69) is 10.3 Å². The van der Waals surface area contributed by atoms with Crippen LogP contribution in [0.1, 0.15) is 47.2 Å². The number of carbonyl (C=O) groups is 2. The number of oxazole rings is 1. The summed E-state index contributed by atoms with van der Waals surface area (Å²) < 4.78 is 31.1. The summed E-state index contributed by atoms with van der Waals surface area (Å²) in [6, 6.07) is 3.95. The molecule has 1 aromatic carbocycles. The summed E-state index contributed by atoms with van der Waals surface area (Å²) in [4.78, 5) is 36.2. The highest BCUT2D eigenvalue weighted by atomic mass is 19.1. The van der Waals surface area contributed by atoms with Crippen LogP contribution in [0.5, 0.6) is 0 Å². The van der Waals surface area contributed by atoms with Crippen molar-refractivity contribution >= 4 is 29.2 Å². The van der Waals surface area contributed by atoms with Gasteiger partial charge in [-0.05, 0) is 38.5 Å². The van der Waals surface area contributed by atoms with Crippen LogP contribution in [0.15, 0.2) is 22.8 Å². The van der Waals surface area contributed by atoms with Gasteiger partial charge in [0.25, 0.3) is 17.8 Å². The molecule has 3 aliphatic heterocycles. The molecule has 0 bridgehead atoms. The molecule has 0 saturated carbocycles. The van der Waals surface area contributed by atoms with E-state index in [1.54, 1.807) is 12.1 Å². The van der Waals surface area contributed by atoms with Crippen molar-refractivity contribution in [3.63, 3.8) is 0 Å². The van der Waals surface area contributed by atoms with Gasteiger partial charge in [-0.2, -0.15) is 4.98 Å². The van der Waals surface area contributed by atoms with Crippen molar-refractivity contribution in [2.24, 2.45) is 0 Å². The van der Waals surface area contributed by atoms with Crippen LogP contribution >= 0.6 is 0 Å². The number of hydrogen-bond acceptors (Lipinski definition) is 9. The van der Waals surface area contributed by atoms with E-state index < -0.39 is 17.7 Å². The fourth-order valence-electron chi connectivity index (χ4n) is 4.84. The first-order valence-electron chi connectivity index (χ1n) is 12.9. The Labute approximate surface area is 220 Å². The van der Waals surface area contributed by atoms with E-state index in [1.165, 1.54) is 25.0 Å². The second-order valence-corrected chi connectivity index (χ2v) is 10.5. The Morgan fingerprint density at radius 1 is 1.24 bits per heavy atom. The minimum absolute atomic E-state index is 0.0729. The van der Waals surface area contributed by atoms with Crippen molar-refractivity contribution in [3.8, 4) is 0 Å². The zero-order valence-electron chi connectivity index (χ0n) is 21.9. The SMILES string of the molecule is C[C@H]1COCCN1c1nc(C(=O)Nc2cc3c(cc2N2CCOCC2)C(=O)N(CC(F)C(C)(C)O)C3)co1. The fourth-order valence-corrected chi connectivity index (χ4v) is 4.84. The Kier molecular flexibility index (Phi) is 7.30. The van der Waals surface area contributed by atoms with Crippen LogP contribution in [0.2, 0.25) is 0 Å². The molecule has 2 aromatic rings. The zero-order chi connectivity index (χ0) is 27.0. The van der Waals surface area contributed by atoms with Crippen LogP contribution < -0.4 is 15.1 Å². The Bertz CT molecular complexity index is 1190. The first-order valence-corrected chi connectivity index (χ1v) is 12.9. The lowest BCUT2D eigenvalue weighted by atomic mass is 10.0. The Morgan fingerprint density at radius 2 is 1.97 bits per heavy atom. The first-order chi connectivity index (χ1) is 18.1. The molecule has 0 radical (unpaired) electrons. The monoisotopic (exact) mass is 531 g/mol. The predicted octanol–water partition coefficient (Wildman–Crippen LogP) is 2.05. The topological polar surface area (TPSA) is 121 Å². The molecule has 2 atom stereocenters. The number of nitrogens with zero attached hydrogens (tertiary/aromatic N) is 4. The van der Waals surface area contributed by atoms with Crippen molar-refractivity contribution in [3.05, 3.63) is 35.2 Å². The smallest absolute Gasteiger partial charge is 0.298 e. The number of hydrogen-bond donors (Lipinski definition) is 2. The lowest BCUT2D eigenvalue weighted by Crippen LogP contribution is -2.43. The third-order valence-corrected chi connectivity index (χ3v) is 7.19.